The van der Waals surface area contributed by atoms with Gasteiger partial charge in [-0.25, -0.2) is 9.97 Å². The van der Waals surface area contributed by atoms with E-state index >= 15 is 0 Å². The molecule has 6 nitrogen and oxygen atoms in total. The van der Waals surface area contributed by atoms with Crippen LogP contribution in [0.5, 0.6) is 0 Å². The van der Waals surface area contributed by atoms with Crippen molar-refractivity contribution in [2.75, 3.05) is 11.9 Å². The second kappa shape index (κ2) is 7.68. The third-order valence-electron chi connectivity index (χ3n) is 3.55. The lowest BCUT2D eigenvalue weighted by molar-refractivity contribution is 0.0933. The van der Waals surface area contributed by atoms with Crippen LogP contribution in [0.25, 0.3) is 0 Å². The molecule has 0 aliphatic heterocycles. The van der Waals surface area contributed by atoms with E-state index in [0.717, 1.165) is 12.0 Å². The standard InChI is InChI=1S/C18H22N4O2/c1-5-9-19-17(23)15-16(21-13(4)12(3)20-15)18(24)22-14-8-6-7-11(2)10-14/h6-8,10H,5,9H2,1-4H3,(H,19,23)(H,22,24). The zero-order chi connectivity index (χ0) is 17.7. The van der Waals surface area contributed by atoms with Crippen molar-refractivity contribution in [3.8, 4) is 0 Å². The molecular weight excluding hydrogens is 304 g/mol. The number of nitrogens with zero attached hydrogens (tertiary/aromatic N) is 2. The molecule has 1 aromatic carbocycles. The average molecular weight is 326 g/mol. The van der Waals surface area contributed by atoms with Gasteiger partial charge >= 0.3 is 0 Å². The van der Waals surface area contributed by atoms with Gasteiger partial charge in [-0.1, -0.05) is 19.1 Å². The van der Waals surface area contributed by atoms with Crippen LogP contribution in [0.3, 0.4) is 0 Å². The lowest BCUT2D eigenvalue weighted by atomic mass is 10.2. The van der Waals surface area contributed by atoms with Crippen molar-refractivity contribution in [2.24, 2.45) is 0 Å². The number of nitrogens with one attached hydrogen (secondary N) is 2. The molecule has 0 aliphatic carbocycles. The fourth-order valence-electron chi connectivity index (χ4n) is 2.16. The monoisotopic (exact) mass is 326 g/mol. The maximum atomic E-state index is 12.6. The molecule has 0 aliphatic rings. The Morgan fingerprint density at radius 1 is 1.00 bits per heavy atom. The number of anilines is 1. The summed E-state index contributed by atoms with van der Waals surface area (Å²) in [6.45, 7) is 7.94. The van der Waals surface area contributed by atoms with Crippen molar-refractivity contribution in [3.63, 3.8) is 0 Å². The van der Waals surface area contributed by atoms with Crippen LogP contribution >= 0.6 is 0 Å². The molecule has 0 fully saturated rings. The van der Waals surface area contributed by atoms with E-state index in [-0.39, 0.29) is 17.3 Å². The minimum Gasteiger partial charge on any atom is -0.351 e. The Bertz CT molecular complexity index is 772. The van der Waals surface area contributed by atoms with Crippen molar-refractivity contribution >= 4 is 17.5 Å². The van der Waals surface area contributed by atoms with Crippen molar-refractivity contribution in [1.29, 1.82) is 0 Å². The molecule has 1 aromatic heterocycles. The number of amides is 2. The minimum atomic E-state index is -0.446. The van der Waals surface area contributed by atoms with Crippen LogP contribution in [-0.4, -0.2) is 28.3 Å². The maximum absolute atomic E-state index is 12.6. The number of carbonyl (C=O) groups excluding carboxylic acids is 2. The van der Waals surface area contributed by atoms with Gasteiger partial charge in [0.25, 0.3) is 11.8 Å². The number of rotatable bonds is 5. The van der Waals surface area contributed by atoms with Gasteiger partial charge in [-0.2, -0.15) is 0 Å². The summed E-state index contributed by atoms with van der Waals surface area (Å²) in [5.41, 5.74) is 3.02. The summed E-state index contributed by atoms with van der Waals surface area (Å²) in [4.78, 5) is 33.5. The molecule has 0 radical (unpaired) electrons. The van der Waals surface area contributed by atoms with Crippen molar-refractivity contribution in [3.05, 3.63) is 52.6 Å². The van der Waals surface area contributed by atoms with E-state index < -0.39 is 5.91 Å². The summed E-state index contributed by atoms with van der Waals surface area (Å²) in [6, 6.07) is 7.43. The first-order valence-electron chi connectivity index (χ1n) is 7.93. The number of hydrogen-bond donors (Lipinski definition) is 2. The predicted octanol–water partition coefficient (Wildman–Crippen LogP) is 2.79. The number of hydrogen-bond acceptors (Lipinski definition) is 4. The van der Waals surface area contributed by atoms with Gasteiger partial charge in [-0.15, -0.1) is 0 Å². The molecule has 0 bridgehead atoms. The Hall–Kier alpha value is -2.76. The van der Waals surface area contributed by atoms with E-state index in [4.69, 9.17) is 0 Å². The molecule has 24 heavy (non-hydrogen) atoms. The van der Waals surface area contributed by atoms with E-state index in [1.165, 1.54) is 0 Å². The van der Waals surface area contributed by atoms with E-state index in [1.54, 1.807) is 19.9 Å². The Labute approximate surface area is 141 Å². The van der Waals surface area contributed by atoms with Gasteiger partial charge in [0.05, 0.1) is 11.4 Å². The van der Waals surface area contributed by atoms with Gasteiger partial charge in [-0.3, -0.25) is 9.59 Å². The predicted molar refractivity (Wildman–Crippen MR) is 93.3 cm³/mol. The summed E-state index contributed by atoms with van der Waals surface area (Å²) in [7, 11) is 0. The molecule has 6 heteroatoms. The van der Waals surface area contributed by atoms with Crippen LogP contribution in [0.1, 0.15) is 51.3 Å². The molecule has 0 saturated carbocycles. The molecular formula is C18H22N4O2. The summed E-state index contributed by atoms with van der Waals surface area (Å²) < 4.78 is 0. The average Bonchev–Trinajstić information content (AvgIpc) is 2.54. The van der Waals surface area contributed by atoms with Crippen molar-refractivity contribution in [2.45, 2.75) is 34.1 Å². The normalized spacial score (nSPS) is 10.3. The highest BCUT2D eigenvalue weighted by Crippen LogP contribution is 2.14. The maximum Gasteiger partial charge on any atom is 0.276 e. The smallest absolute Gasteiger partial charge is 0.276 e. The molecule has 2 aromatic rings. The Balaban J connectivity index is 2.35. The van der Waals surface area contributed by atoms with Crippen LogP contribution in [0.2, 0.25) is 0 Å². The molecule has 0 spiro atoms. The molecule has 1 heterocycles. The largest absolute Gasteiger partial charge is 0.351 e. The third kappa shape index (κ3) is 4.16. The zero-order valence-electron chi connectivity index (χ0n) is 14.4. The molecule has 0 saturated heterocycles. The molecule has 126 valence electrons. The van der Waals surface area contributed by atoms with E-state index in [2.05, 4.69) is 20.6 Å². The Morgan fingerprint density at radius 3 is 2.21 bits per heavy atom. The first kappa shape index (κ1) is 17.6. The lowest BCUT2D eigenvalue weighted by Crippen LogP contribution is -2.30. The van der Waals surface area contributed by atoms with Gasteiger partial charge < -0.3 is 10.6 Å². The highest BCUT2D eigenvalue weighted by molar-refractivity contribution is 6.10. The third-order valence-corrected chi connectivity index (χ3v) is 3.55. The number of benzene rings is 1. The topological polar surface area (TPSA) is 84.0 Å². The SMILES string of the molecule is CCCNC(=O)c1nc(C)c(C)nc1C(=O)Nc1cccc(C)c1. The molecule has 0 unspecified atom stereocenters. The highest BCUT2D eigenvalue weighted by atomic mass is 16.2. The number of aromatic nitrogens is 2. The van der Waals surface area contributed by atoms with Crippen molar-refractivity contribution < 1.29 is 9.59 Å². The van der Waals surface area contributed by atoms with Gasteiger partial charge in [0.2, 0.25) is 0 Å². The van der Waals surface area contributed by atoms with Crippen LogP contribution in [-0.2, 0) is 0 Å². The van der Waals surface area contributed by atoms with Gasteiger partial charge in [-0.05, 0) is 44.9 Å². The Morgan fingerprint density at radius 2 is 1.62 bits per heavy atom. The first-order valence-corrected chi connectivity index (χ1v) is 7.93. The lowest BCUT2D eigenvalue weighted by Gasteiger charge is -2.11. The first-order chi connectivity index (χ1) is 11.4. The highest BCUT2D eigenvalue weighted by Gasteiger charge is 2.22. The molecule has 2 amide bonds. The summed E-state index contributed by atoms with van der Waals surface area (Å²) in [5, 5.41) is 5.52. The fraction of sp³-hybridized carbons (Fsp3) is 0.333. The van der Waals surface area contributed by atoms with Gasteiger partial charge in [0, 0.05) is 12.2 Å². The summed E-state index contributed by atoms with van der Waals surface area (Å²) in [6.07, 6.45) is 0.800. The molecule has 0 atom stereocenters. The van der Waals surface area contributed by atoms with Gasteiger partial charge in [0.15, 0.2) is 11.4 Å². The van der Waals surface area contributed by atoms with E-state index in [0.29, 0.717) is 23.6 Å². The molecule has 2 rings (SSSR count). The van der Waals surface area contributed by atoms with E-state index in [1.807, 2.05) is 32.0 Å². The quantitative estimate of drug-likeness (QED) is 0.885. The molecule has 2 N–H and O–H groups in total. The number of aryl methyl sites for hydroxylation is 3. The van der Waals surface area contributed by atoms with Crippen LogP contribution in [0.15, 0.2) is 24.3 Å². The van der Waals surface area contributed by atoms with Crippen molar-refractivity contribution in [1.82, 2.24) is 15.3 Å². The van der Waals surface area contributed by atoms with Crippen LogP contribution in [0.4, 0.5) is 5.69 Å². The second-order valence-corrected chi connectivity index (χ2v) is 5.67. The summed E-state index contributed by atoms with van der Waals surface area (Å²) >= 11 is 0. The Kier molecular flexibility index (Phi) is 5.63. The zero-order valence-corrected chi connectivity index (χ0v) is 14.4. The minimum absolute atomic E-state index is 0.0354. The van der Waals surface area contributed by atoms with Crippen LogP contribution in [0, 0.1) is 20.8 Å². The summed E-state index contributed by atoms with van der Waals surface area (Å²) in [5.74, 6) is -0.834. The number of carbonyl (C=O) groups is 2. The fourth-order valence-corrected chi connectivity index (χ4v) is 2.16. The van der Waals surface area contributed by atoms with Gasteiger partial charge in [0.1, 0.15) is 0 Å². The van der Waals surface area contributed by atoms with Crippen LogP contribution < -0.4 is 10.6 Å². The second-order valence-electron chi connectivity index (χ2n) is 5.67. The van der Waals surface area contributed by atoms with E-state index in [9.17, 15) is 9.59 Å².